The van der Waals surface area contributed by atoms with Gasteiger partial charge in [0.25, 0.3) is 0 Å². The highest BCUT2D eigenvalue weighted by atomic mass is 79.9. The summed E-state index contributed by atoms with van der Waals surface area (Å²) in [5.41, 5.74) is 2.33. The van der Waals surface area contributed by atoms with Crippen LogP contribution in [0.25, 0.3) is 11.4 Å². The number of hydrogen-bond donors (Lipinski definition) is 2. The Morgan fingerprint density at radius 1 is 1.19 bits per heavy atom. The largest absolute Gasteiger partial charge is 0.507 e. The average molecular weight is 512 g/mol. The van der Waals surface area contributed by atoms with E-state index in [0.717, 1.165) is 20.2 Å². The number of aromatic nitrogens is 3. The van der Waals surface area contributed by atoms with E-state index < -0.39 is 0 Å². The molecular formula is C18H16Br2N4O2S. The van der Waals surface area contributed by atoms with E-state index in [9.17, 15) is 9.90 Å². The maximum Gasteiger partial charge on any atom is 0.234 e. The summed E-state index contributed by atoms with van der Waals surface area (Å²) in [6, 6.07) is 10.8. The fourth-order valence-electron chi connectivity index (χ4n) is 2.45. The van der Waals surface area contributed by atoms with Crippen molar-refractivity contribution in [2.75, 3.05) is 11.1 Å². The van der Waals surface area contributed by atoms with Gasteiger partial charge in [0, 0.05) is 21.7 Å². The fourth-order valence-corrected chi connectivity index (χ4v) is 3.99. The molecule has 0 saturated heterocycles. The third-order valence-corrected chi connectivity index (χ3v) is 5.84. The van der Waals surface area contributed by atoms with E-state index in [4.69, 9.17) is 0 Å². The number of halogens is 2. The summed E-state index contributed by atoms with van der Waals surface area (Å²) in [6.45, 7) is 1.94. The van der Waals surface area contributed by atoms with E-state index in [2.05, 4.69) is 47.4 Å². The Morgan fingerprint density at radius 3 is 2.63 bits per heavy atom. The van der Waals surface area contributed by atoms with Crippen LogP contribution in [0.15, 0.2) is 50.5 Å². The summed E-state index contributed by atoms with van der Waals surface area (Å²) >= 11 is 8.08. The van der Waals surface area contributed by atoms with E-state index >= 15 is 0 Å². The van der Waals surface area contributed by atoms with Crippen LogP contribution in [0, 0.1) is 6.92 Å². The quantitative estimate of drug-likeness (QED) is 0.483. The number of carbonyl (C=O) groups is 1. The van der Waals surface area contributed by atoms with Crippen LogP contribution in [0.5, 0.6) is 5.75 Å². The molecular weight excluding hydrogens is 496 g/mol. The number of benzene rings is 2. The molecule has 0 aliphatic rings. The molecule has 0 fully saturated rings. The van der Waals surface area contributed by atoms with Crippen LogP contribution in [-0.4, -0.2) is 31.5 Å². The molecule has 6 nitrogen and oxygen atoms in total. The number of nitrogens with zero attached hydrogens (tertiary/aromatic N) is 3. The van der Waals surface area contributed by atoms with Gasteiger partial charge in [0.15, 0.2) is 11.0 Å². The van der Waals surface area contributed by atoms with Gasteiger partial charge >= 0.3 is 0 Å². The van der Waals surface area contributed by atoms with Gasteiger partial charge in [-0.05, 0) is 48.9 Å². The van der Waals surface area contributed by atoms with Gasteiger partial charge in [-0.25, -0.2) is 0 Å². The van der Waals surface area contributed by atoms with Crippen LogP contribution >= 0.6 is 43.6 Å². The second-order valence-corrected chi connectivity index (χ2v) is 8.60. The van der Waals surface area contributed by atoms with Crippen molar-refractivity contribution in [3.63, 3.8) is 0 Å². The zero-order valence-electron chi connectivity index (χ0n) is 14.5. The van der Waals surface area contributed by atoms with Crippen molar-refractivity contribution in [1.29, 1.82) is 0 Å². The minimum absolute atomic E-state index is 0.119. The molecule has 3 aromatic rings. The number of phenols is 1. The lowest BCUT2D eigenvalue weighted by Gasteiger charge is -2.09. The van der Waals surface area contributed by atoms with E-state index in [1.165, 1.54) is 11.8 Å². The maximum atomic E-state index is 12.3. The normalized spacial score (nSPS) is 10.8. The smallest absolute Gasteiger partial charge is 0.234 e. The van der Waals surface area contributed by atoms with Gasteiger partial charge in [-0.15, -0.1) is 10.2 Å². The second kappa shape index (κ2) is 8.45. The molecule has 0 atom stereocenters. The first-order valence-electron chi connectivity index (χ1n) is 7.92. The first-order chi connectivity index (χ1) is 12.8. The molecule has 0 radical (unpaired) electrons. The van der Waals surface area contributed by atoms with Crippen molar-refractivity contribution in [1.82, 2.24) is 14.8 Å². The number of carbonyl (C=O) groups excluding carboxylic acids is 1. The lowest BCUT2D eigenvalue weighted by atomic mass is 10.2. The molecule has 27 heavy (non-hydrogen) atoms. The van der Waals surface area contributed by atoms with Crippen LogP contribution in [0.4, 0.5) is 5.69 Å². The summed E-state index contributed by atoms with van der Waals surface area (Å²) in [6.07, 6.45) is 0. The topological polar surface area (TPSA) is 80.0 Å². The van der Waals surface area contributed by atoms with Gasteiger partial charge in [0.05, 0.1) is 11.3 Å². The molecule has 0 unspecified atom stereocenters. The van der Waals surface area contributed by atoms with Crippen LogP contribution in [0.3, 0.4) is 0 Å². The van der Waals surface area contributed by atoms with Crippen molar-refractivity contribution in [2.24, 2.45) is 7.05 Å². The number of phenolic OH excluding ortho intramolecular Hbond substituents is 1. The molecule has 2 aromatic carbocycles. The van der Waals surface area contributed by atoms with Gasteiger partial charge in [-0.3, -0.25) is 4.79 Å². The van der Waals surface area contributed by atoms with Gasteiger partial charge in [-0.1, -0.05) is 43.6 Å². The number of rotatable bonds is 5. The first kappa shape index (κ1) is 19.9. The number of hydrogen-bond acceptors (Lipinski definition) is 5. The summed E-state index contributed by atoms with van der Waals surface area (Å²) in [5.74, 6) is 0.723. The maximum absolute atomic E-state index is 12.3. The van der Waals surface area contributed by atoms with Crippen molar-refractivity contribution < 1.29 is 9.90 Å². The molecule has 0 aliphatic heterocycles. The molecule has 0 bridgehead atoms. The second-order valence-electron chi connectivity index (χ2n) is 5.82. The molecule has 0 spiro atoms. The van der Waals surface area contributed by atoms with E-state index in [1.807, 2.05) is 25.1 Å². The third kappa shape index (κ3) is 4.72. The number of nitrogens with one attached hydrogen (secondary N) is 1. The Morgan fingerprint density at radius 2 is 1.89 bits per heavy atom. The lowest BCUT2D eigenvalue weighted by molar-refractivity contribution is -0.113. The van der Waals surface area contributed by atoms with E-state index in [0.29, 0.717) is 16.5 Å². The standard InChI is InChI=1S/C18H16Br2N4O2S/c1-10-7-11(19)3-5-14(10)21-16(26)9-27-18-23-22-17(24(18)2)13-8-12(20)4-6-15(13)25/h3-8,25H,9H2,1-2H3,(H,21,26). The molecule has 0 aliphatic carbocycles. The molecule has 9 heteroatoms. The highest BCUT2D eigenvalue weighted by Gasteiger charge is 2.16. The van der Waals surface area contributed by atoms with Gasteiger partial charge in [0.1, 0.15) is 5.75 Å². The molecule has 0 saturated carbocycles. The van der Waals surface area contributed by atoms with Gasteiger partial charge in [0.2, 0.25) is 5.91 Å². The Bertz CT molecular complexity index is 1010. The summed E-state index contributed by atoms with van der Waals surface area (Å²) < 4.78 is 3.55. The molecule has 1 heterocycles. The zero-order chi connectivity index (χ0) is 19.6. The predicted molar refractivity (Wildman–Crippen MR) is 114 cm³/mol. The predicted octanol–water partition coefficient (Wildman–Crippen LogP) is 4.75. The van der Waals surface area contributed by atoms with Crippen molar-refractivity contribution in [3.05, 3.63) is 50.9 Å². The number of aryl methyl sites for hydroxylation is 1. The average Bonchev–Trinajstić information content (AvgIpc) is 2.98. The molecule has 1 aromatic heterocycles. The Kier molecular flexibility index (Phi) is 6.23. The highest BCUT2D eigenvalue weighted by molar-refractivity contribution is 9.10. The molecule has 140 valence electrons. The number of thioether (sulfide) groups is 1. The van der Waals surface area contributed by atoms with E-state index in [1.54, 1.807) is 29.8 Å². The highest BCUT2D eigenvalue weighted by Crippen LogP contribution is 2.32. The third-order valence-electron chi connectivity index (χ3n) is 3.83. The van der Waals surface area contributed by atoms with Crippen molar-refractivity contribution in [3.8, 4) is 17.1 Å². The number of amides is 1. The molecule has 3 rings (SSSR count). The van der Waals surface area contributed by atoms with Crippen LogP contribution in [-0.2, 0) is 11.8 Å². The van der Waals surface area contributed by atoms with E-state index in [-0.39, 0.29) is 17.4 Å². The minimum atomic E-state index is -0.125. The van der Waals surface area contributed by atoms with Gasteiger partial charge in [-0.2, -0.15) is 0 Å². The lowest BCUT2D eigenvalue weighted by Crippen LogP contribution is -2.15. The van der Waals surface area contributed by atoms with Crippen LogP contribution < -0.4 is 5.32 Å². The number of aromatic hydroxyl groups is 1. The Hall–Kier alpha value is -1.84. The Balaban J connectivity index is 1.69. The summed E-state index contributed by atoms with van der Waals surface area (Å²) in [7, 11) is 1.80. The van der Waals surface area contributed by atoms with Crippen LogP contribution in [0.2, 0.25) is 0 Å². The molecule has 1 amide bonds. The van der Waals surface area contributed by atoms with Crippen molar-refractivity contribution in [2.45, 2.75) is 12.1 Å². The summed E-state index contributed by atoms with van der Waals surface area (Å²) in [4.78, 5) is 12.3. The zero-order valence-corrected chi connectivity index (χ0v) is 18.5. The van der Waals surface area contributed by atoms with Crippen LogP contribution in [0.1, 0.15) is 5.56 Å². The molecule has 2 N–H and O–H groups in total. The SMILES string of the molecule is Cc1cc(Br)ccc1NC(=O)CSc1nnc(-c2cc(Br)ccc2O)n1C. The van der Waals surface area contributed by atoms with Crippen molar-refractivity contribution >= 4 is 55.2 Å². The monoisotopic (exact) mass is 510 g/mol. The first-order valence-corrected chi connectivity index (χ1v) is 10.5. The Labute approximate surface area is 177 Å². The minimum Gasteiger partial charge on any atom is -0.507 e. The fraction of sp³-hybridized carbons (Fsp3) is 0.167. The van der Waals surface area contributed by atoms with Gasteiger partial charge < -0.3 is 15.0 Å². The number of anilines is 1. The summed E-state index contributed by atoms with van der Waals surface area (Å²) in [5, 5.41) is 21.8.